The predicted octanol–water partition coefficient (Wildman–Crippen LogP) is 0.654. The Hall–Kier alpha value is -1.45. The van der Waals surface area contributed by atoms with Crippen LogP contribution in [0.2, 0.25) is 0 Å². The quantitative estimate of drug-likeness (QED) is 0.491. The zero-order valence-electron chi connectivity index (χ0n) is 8.20. The molecule has 1 aliphatic carbocycles. The fourth-order valence-corrected chi connectivity index (χ4v) is 1.34. The molecule has 0 aromatic heterocycles. The molecule has 0 N–H and O–H groups in total. The number of Topliss-reactive ketones (excluding diaryl/α,β-unsaturated/α-hetero) is 1. The smallest absolute Gasteiger partial charge is 0.317 e. The average Bonchev–Trinajstić information content (AvgIpc) is 2.48. The number of esters is 1. The topological polar surface area (TPSA) is 60.4 Å². The summed E-state index contributed by atoms with van der Waals surface area (Å²) in [6, 6.07) is 0. The fraction of sp³-hybridized carbons (Fsp3) is 0.500. The van der Waals surface area contributed by atoms with E-state index in [1.54, 1.807) is 6.92 Å². The standard InChI is InChI=1S/C10H12O4/c1-3-14-10(13)8-4-7(6(2)11)5-9(8)12/h5,8H,3-4H2,1-2H3. The second-order valence-electron chi connectivity index (χ2n) is 3.14. The van der Waals surface area contributed by atoms with Crippen molar-refractivity contribution in [1.82, 2.24) is 0 Å². The molecule has 0 aromatic carbocycles. The van der Waals surface area contributed by atoms with Crippen molar-refractivity contribution in [3.63, 3.8) is 0 Å². The predicted molar refractivity (Wildman–Crippen MR) is 48.5 cm³/mol. The van der Waals surface area contributed by atoms with Crippen LogP contribution < -0.4 is 0 Å². The van der Waals surface area contributed by atoms with Gasteiger partial charge in [0.1, 0.15) is 5.92 Å². The Morgan fingerprint density at radius 3 is 2.64 bits per heavy atom. The van der Waals surface area contributed by atoms with Gasteiger partial charge in [-0.1, -0.05) is 0 Å². The average molecular weight is 196 g/mol. The largest absolute Gasteiger partial charge is 0.465 e. The molecule has 0 amide bonds. The van der Waals surface area contributed by atoms with Crippen LogP contribution >= 0.6 is 0 Å². The first-order valence-electron chi connectivity index (χ1n) is 4.48. The molecule has 0 saturated heterocycles. The lowest BCUT2D eigenvalue weighted by atomic mass is 10.0. The minimum absolute atomic E-state index is 0.162. The van der Waals surface area contributed by atoms with E-state index in [1.807, 2.05) is 0 Å². The van der Waals surface area contributed by atoms with Crippen molar-refractivity contribution in [3.8, 4) is 0 Å². The lowest BCUT2D eigenvalue weighted by Gasteiger charge is -2.06. The fourth-order valence-electron chi connectivity index (χ4n) is 1.34. The van der Waals surface area contributed by atoms with Gasteiger partial charge in [-0.2, -0.15) is 0 Å². The van der Waals surface area contributed by atoms with Crippen molar-refractivity contribution in [2.75, 3.05) is 6.61 Å². The molecular weight excluding hydrogens is 184 g/mol. The summed E-state index contributed by atoms with van der Waals surface area (Å²) in [6.45, 7) is 3.31. The number of carbonyl (C=O) groups excluding carboxylic acids is 3. The third kappa shape index (κ3) is 2.07. The maximum Gasteiger partial charge on any atom is 0.317 e. The minimum atomic E-state index is -0.797. The van der Waals surface area contributed by atoms with E-state index in [2.05, 4.69) is 0 Å². The van der Waals surface area contributed by atoms with Crippen molar-refractivity contribution in [3.05, 3.63) is 11.6 Å². The van der Waals surface area contributed by atoms with Gasteiger partial charge in [0, 0.05) is 0 Å². The van der Waals surface area contributed by atoms with Crippen LogP contribution in [0, 0.1) is 5.92 Å². The van der Waals surface area contributed by atoms with Gasteiger partial charge in [-0.3, -0.25) is 14.4 Å². The molecule has 0 radical (unpaired) electrons. The van der Waals surface area contributed by atoms with E-state index in [-0.39, 0.29) is 24.6 Å². The highest BCUT2D eigenvalue weighted by molar-refractivity contribution is 6.13. The molecule has 0 aliphatic heterocycles. The van der Waals surface area contributed by atoms with Crippen LogP contribution in [0.15, 0.2) is 11.6 Å². The van der Waals surface area contributed by atoms with Gasteiger partial charge in [0.25, 0.3) is 0 Å². The Morgan fingerprint density at radius 2 is 2.21 bits per heavy atom. The van der Waals surface area contributed by atoms with Crippen molar-refractivity contribution in [2.24, 2.45) is 5.92 Å². The molecule has 4 nitrogen and oxygen atoms in total. The summed E-state index contributed by atoms with van der Waals surface area (Å²) in [5.74, 6) is -1.82. The van der Waals surface area contributed by atoms with Gasteiger partial charge >= 0.3 is 5.97 Å². The first kappa shape index (κ1) is 10.6. The number of ketones is 2. The van der Waals surface area contributed by atoms with Crippen molar-refractivity contribution < 1.29 is 19.1 Å². The number of carbonyl (C=O) groups is 3. The van der Waals surface area contributed by atoms with Gasteiger partial charge in [-0.15, -0.1) is 0 Å². The van der Waals surface area contributed by atoms with Crippen LogP contribution in [0.4, 0.5) is 0 Å². The molecule has 0 spiro atoms. The highest BCUT2D eigenvalue weighted by Crippen LogP contribution is 2.23. The molecule has 1 aliphatic rings. The number of rotatable bonds is 3. The van der Waals surface area contributed by atoms with Crippen LogP contribution in [0.25, 0.3) is 0 Å². The third-order valence-corrected chi connectivity index (χ3v) is 2.11. The first-order valence-corrected chi connectivity index (χ1v) is 4.48. The van der Waals surface area contributed by atoms with Gasteiger partial charge in [0.05, 0.1) is 6.61 Å². The molecule has 14 heavy (non-hydrogen) atoms. The van der Waals surface area contributed by atoms with Gasteiger partial charge in [0.15, 0.2) is 11.6 Å². The molecule has 4 heteroatoms. The molecule has 0 aromatic rings. The monoisotopic (exact) mass is 196 g/mol. The van der Waals surface area contributed by atoms with Crippen LogP contribution in [0.1, 0.15) is 20.3 Å². The van der Waals surface area contributed by atoms with E-state index >= 15 is 0 Å². The Kier molecular flexibility index (Phi) is 3.17. The summed E-state index contributed by atoms with van der Waals surface area (Å²) in [5, 5.41) is 0. The van der Waals surface area contributed by atoms with Gasteiger partial charge in [0.2, 0.25) is 0 Å². The number of hydrogen-bond acceptors (Lipinski definition) is 4. The van der Waals surface area contributed by atoms with E-state index in [1.165, 1.54) is 13.0 Å². The van der Waals surface area contributed by atoms with E-state index in [9.17, 15) is 14.4 Å². The maximum atomic E-state index is 11.3. The van der Waals surface area contributed by atoms with E-state index < -0.39 is 11.9 Å². The summed E-state index contributed by atoms with van der Waals surface area (Å²) in [5.41, 5.74) is 0.410. The summed E-state index contributed by atoms with van der Waals surface area (Å²) in [4.78, 5) is 33.5. The van der Waals surface area contributed by atoms with Crippen molar-refractivity contribution in [2.45, 2.75) is 20.3 Å². The van der Waals surface area contributed by atoms with E-state index in [4.69, 9.17) is 4.74 Å². The second kappa shape index (κ2) is 4.17. The highest BCUT2D eigenvalue weighted by atomic mass is 16.5. The Bertz CT molecular complexity index is 314. The zero-order valence-corrected chi connectivity index (χ0v) is 8.20. The molecule has 1 rings (SSSR count). The molecule has 0 bridgehead atoms. The van der Waals surface area contributed by atoms with Crippen LogP contribution in [0.3, 0.4) is 0 Å². The summed E-state index contributed by atoms with van der Waals surface area (Å²) in [7, 11) is 0. The van der Waals surface area contributed by atoms with Crippen LogP contribution in [0.5, 0.6) is 0 Å². The highest BCUT2D eigenvalue weighted by Gasteiger charge is 2.33. The Balaban J connectivity index is 2.68. The van der Waals surface area contributed by atoms with Crippen molar-refractivity contribution >= 4 is 17.5 Å². The zero-order chi connectivity index (χ0) is 10.7. The first-order chi connectivity index (χ1) is 6.56. The molecular formula is C10H12O4. The number of hydrogen-bond donors (Lipinski definition) is 0. The normalized spacial score (nSPS) is 20.6. The minimum Gasteiger partial charge on any atom is -0.465 e. The summed E-state index contributed by atoms with van der Waals surface area (Å²) < 4.78 is 4.72. The number of ether oxygens (including phenoxy) is 1. The van der Waals surface area contributed by atoms with Crippen LogP contribution in [-0.2, 0) is 19.1 Å². The lowest BCUT2D eigenvalue weighted by Crippen LogP contribution is -2.21. The van der Waals surface area contributed by atoms with Gasteiger partial charge in [-0.25, -0.2) is 0 Å². The maximum absolute atomic E-state index is 11.3. The second-order valence-corrected chi connectivity index (χ2v) is 3.14. The van der Waals surface area contributed by atoms with Gasteiger partial charge in [-0.05, 0) is 31.9 Å². The number of allylic oxidation sites excluding steroid dienone is 2. The van der Waals surface area contributed by atoms with E-state index in [0.717, 1.165) is 0 Å². The summed E-state index contributed by atoms with van der Waals surface area (Å²) in [6.07, 6.45) is 1.43. The molecule has 0 heterocycles. The van der Waals surface area contributed by atoms with Crippen LogP contribution in [-0.4, -0.2) is 24.1 Å². The molecule has 1 unspecified atom stereocenters. The van der Waals surface area contributed by atoms with Gasteiger partial charge < -0.3 is 4.74 Å². The summed E-state index contributed by atoms with van der Waals surface area (Å²) >= 11 is 0. The Labute approximate surface area is 81.9 Å². The van der Waals surface area contributed by atoms with E-state index in [0.29, 0.717) is 5.57 Å². The molecule has 76 valence electrons. The van der Waals surface area contributed by atoms with Crippen molar-refractivity contribution in [1.29, 1.82) is 0 Å². The lowest BCUT2D eigenvalue weighted by molar-refractivity contribution is -0.150. The molecule has 0 fully saturated rings. The molecule has 1 atom stereocenters. The SMILES string of the molecule is CCOC(=O)C1CC(C(C)=O)=CC1=O. The third-order valence-electron chi connectivity index (χ3n) is 2.11. The molecule has 0 saturated carbocycles. The Morgan fingerprint density at radius 1 is 1.57 bits per heavy atom.